The van der Waals surface area contributed by atoms with Gasteiger partial charge in [-0.2, -0.15) is 0 Å². The van der Waals surface area contributed by atoms with Gasteiger partial charge >= 0.3 is 0 Å². The Bertz CT molecular complexity index is 470. The highest BCUT2D eigenvalue weighted by molar-refractivity contribution is 6.31. The van der Waals surface area contributed by atoms with Crippen molar-refractivity contribution in [2.75, 3.05) is 13.2 Å². The monoisotopic (exact) mass is 309 g/mol. The summed E-state index contributed by atoms with van der Waals surface area (Å²) in [5.74, 6) is 0.0355. The average molecular weight is 310 g/mol. The number of rotatable bonds is 6. The molecule has 0 aliphatic heterocycles. The highest BCUT2D eigenvalue weighted by Gasteiger charge is 2.31. The summed E-state index contributed by atoms with van der Waals surface area (Å²) in [6.45, 7) is 0.753. The number of amides is 1. The van der Waals surface area contributed by atoms with E-state index in [1.807, 2.05) is 24.3 Å². The van der Waals surface area contributed by atoms with E-state index in [2.05, 4.69) is 5.32 Å². The zero-order valence-electron chi connectivity index (χ0n) is 12.4. The Kier molecular flexibility index (Phi) is 6.07. The lowest BCUT2D eigenvalue weighted by Gasteiger charge is -2.35. The highest BCUT2D eigenvalue weighted by atomic mass is 35.5. The van der Waals surface area contributed by atoms with Crippen molar-refractivity contribution in [3.8, 4) is 0 Å². The minimum Gasteiger partial charge on any atom is -0.396 e. The largest absolute Gasteiger partial charge is 0.396 e. The second-order valence-corrected chi connectivity index (χ2v) is 6.49. The zero-order valence-corrected chi connectivity index (χ0v) is 13.2. The van der Waals surface area contributed by atoms with Crippen molar-refractivity contribution in [2.45, 2.75) is 44.9 Å². The maximum Gasteiger partial charge on any atom is 0.220 e. The lowest BCUT2D eigenvalue weighted by molar-refractivity contribution is -0.121. The summed E-state index contributed by atoms with van der Waals surface area (Å²) >= 11 is 6.09. The molecule has 1 aromatic rings. The van der Waals surface area contributed by atoms with E-state index in [-0.39, 0.29) is 17.9 Å². The van der Waals surface area contributed by atoms with E-state index >= 15 is 0 Å². The van der Waals surface area contributed by atoms with Crippen molar-refractivity contribution in [1.29, 1.82) is 0 Å². The third-order valence-corrected chi connectivity index (χ3v) is 4.86. The van der Waals surface area contributed by atoms with Gasteiger partial charge in [0.15, 0.2) is 0 Å². The number of nitrogens with one attached hydrogen (secondary N) is 1. The maximum atomic E-state index is 12.0. The molecule has 21 heavy (non-hydrogen) atoms. The molecule has 0 aromatic heterocycles. The predicted molar refractivity (Wildman–Crippen MR) is 85.4 cm³/mol. The van der Waals surface area contributed by atoms with Gasteiger partial charge in [0.25, 0.3) is 0 Å². The fraction of sp³-hybridized carbons (Fsp3) is 0.588. The first-order valence-electron chi connectivity index (χ1n) is 7.76. The van der Waals surface area contributed by atoms with Gasteiger partial charge in [0.05, 0.1) is 6.61 Å². The van der Waals surface area contributed by atoms with E-state index in [0.29, 0.717) is 24.4 Å². The Labute approximate surface area is 131 Å². The van der Waals surface area contributed by atoms with E-state index < -0.39 is 0 Å². The fourth-order valence-corrected chi connectivity index (χ4v) is 3.25. The third-order valence-electron chi connectivity index (χ3n) is 4.49. The summed E-state index contributed by atoms with van der Waals surface area (Å²) in [6, 6.07) is 7.62. The molecule has 1 fully saturated rings. The number of hydrogen-bond donors (Lipinski definition) is 2. The summed E-state index contributed by atoms with van der Waals surface area (Å²) in [4.78, 5) is 12.0. The third kappa shape index (κ3) is 4.72. The quantitative estimate of drug-likeness (QED) is 0.847. The van der Waals surface area contributed by atoms with Gasteiger partial charge in [0.2, 0.25) is 5.91 Å². The molecule has 0 heterocycles. The van der Waals surface area contributed by atoms with Crippen molar-refractivity contribution in [2.24, 2.45) is 5.41 Å². The molecule has 0 saturated heterocycles. The van der Waals surface area contributed by atoms with Crippen molar-refractivity contribution in [1.82, 2.24) is 5.32 Å². The van der Waals surface area contributed by atoms with E-state index in [9.17, 15) is 9.90 Å². The van der Waals surface area contributed by atoms with Crippen LogP contribution in [-0.2, 0) is 11.2 Å². The van der Waals surface area contributed by atoms with Gasteiger partial charge in [-0.05, 0) is 30.9 Å². The fourth-order valence-electron chi connectivity index (χ4n) is 3.02. The molecule has 1 saturated carbocycles. The molecule has 0 unspecified atom stereocenters. The maximum absolute atomic E-state index is 12.0. The topological polar surface area (TPSA) is 49.3 Å². The Morgan fingerprint density at radius 1 is 1.24 bits per heavy atom. The number of aryl methyl sites for hydroxylation is 1. The molecule has 0 atom stereocenters. The summed E-state index contributed by atoms with van der Waals surface area (Å²) in [5.41, 5.74) is 0.905. The van der Waals surface area contributed by atoms with Crippen LogP contribution in [0.5, 0.6) is 0 Å². The van der Waals surface area contributed by atoms with Crippen LogP contribution in [-0.4, -0.2) is 24.2 Å². The Hall–Kier alpha value is -1.06. The lowest BCUT2D eigenvalue weighted by atomic mass is 9.74. The SMILES string of the molecule is O=C(CCc1ccccc1Cl)NCC1(CO)CCCCC1. The standard InChI is InChI=1S/C17H24ClNO2/c18-15-7-3-2-6-14(15)8-9-16(21)19-12-17(13-20)10-4-1-5-11-17/h2-3,6-7,20H,1,4-5,8-13H2,(H,19,21). The van der Waals surface area contributed by atoms with E-state index in [0.717, 1.165) is 31.2 Å². The molecule has 2 N–H and O–H groups in total. The first kappa shape index (κ1) is 16.3. The summed E-state index contributed by atoms with van der Waals surface area (Å²) in [5, 5.41) is 13.3. The van der Waals surface area contributed by atoms with Crippen LogP contribution in [0.3, 0.4) is 0 Å². The molecule has 1 aromatic carbocycles. The Morgan fingerprint density at radius 3 is 2.62 bits per heavy atom. The first-order chi connectivity index (χ1) is 10.2. The van der Waals surface area contributed by atoms with Gasteiger partial charge in [-0.3, -0.25) is 4.79 Å². The minimum absolute atomic E-state index is 0.0355. The van der Waals surface area contributed by atoms with Crippen LogP contribution < -0.4 is 5.32 Å². The number of carbonyl (C=O) groups excluding carboxylic acids is 1. The number of halogens is 1. The second kappa shape index (κ2) is 7.81. The van der Waals surface area contributed by atoms with Crippen LogP contribution >= 0.6 is 11.6 Å². The molecule has 3 nitrogen and oxygen atoms in total. The van der Waals surface area contributed by atoms with Crippen molar-refractivity contribution < 1.29 is 9.90 Å². The van der Waals surface area contributed by atoms with Crippen molar-refractivity contribution >= 4 is 17.5 Å². The highest BCUT2D eigenvalue weighted by Crippen LogP contribution is 2.35. The molecule has 0 spiro atoms. The molecule has 0 radical (unpaired) electrons. The van der Waals surface area contributed by atoms with Crippen LogP contribution in [0.15, 0.2) is 24.3 Å². The number of aliphatic hydroxyl groups is 1. The van der Waals surface area contributed by atoms with Gasteiger partial charge in [-0.25, -0.2) is 0 Å². The van der Waals surface area contributed by atoms with Crippen LogP contribution in [0.1, 0.15) is 44.1 Å². The molecule has 1 aliphatic carbocycles. The van der Waals surface area contributed by atoms with Gasteiger partial charge in [-0.1, -0.05) is 49.1 Å². The predicted octanol–water partition coefficient (Wildman–Crippen LogP) is 3.33. The summed E-state index contributed by atoms with van der Waals surface area (Å²) in [7, 11) is 0. The molecular weight excluding hydrogens is 286 g/mol. The van der Waals surface area contributed by atoms with Gasteiger partial charge in [-0.15, -0.1) is 0 Å². The van der Waals surface area contributed by atoms with E-state index in [4.69, 9.17) is 11.6 Å². The summed E-state index contributed by atoms with van der Waals surface area (Å²) < 4.78 is 0. The minimum atomic E-state index is -0.0989. The molecule has 116 valence electrons. The Morgan fingerprint density at radius 2 is 1.95 bits per heavy atom. The number of carbonyl (C=O) groups is 1. The molecular formula is C17H24ClNO2. The van der Waals surface area contributed by atoms with Crippen LogP contribution in [0.4, 0.5) is 0 Å². The van der Waals surface area contributed by atoms with Crippen LogP contribution in [0.2, 0.25) is 5.02 Å². The van der Waals surface area contributed by atoms with Gasteiger partial charge < -0.3 is 10.4 Å². The lowest BCUT2D eigenvalue weighted by Crippen LogP contribution is -2.41. The molecule has 0 bridgehead atoms. The van der Waals surface area contributed by atoms with E-state index in [1.165, 1.54) is 6.42 Å². The molecule has 4 heteroatoms. The number of aliphatic hydroxyl groups excluding tert-OH is 1. The van der Waals surface area contributed by atoms with Crippen LogP contribution in [0, 0.1) is 5.41 Å². The molecule has 2 rings (SSSR count). The van der Waals surface area contributed by atoms with Crippen molar-refractivity contribution in [3.63, 3.8) is 0 Å². The number of benzene rings is 1. The average Bonchev–Trinajstić information content (AvgIpc) is 2.53. The van der Waals surface area contributed by atoms with Crippen LogP contribution in [0.25, 0.3) is 0 Å². The summed E-state index contributed by atoms with van der Waals surface area (Å²) in [6.07, 6.45) is 6.64. The Balaban J connectivity index is 1.78. The normalized spacial score (nSPS) is 17.4. The number of hydrogen-bond acceptors (Lipinski definition) is 2. The second-order valence-electron chi connectivity index (χ2n) is 6.09. The zero-order chi connectivity index (χ0) is 15.1. The van der Waals surface area contributed by atoms with Gasteiger partial charge in [0.1, 0.15) is 0 Å². The molecule has 1 amide bonds. The van der Waals surface area contributed by atoms with Crippen molar-refractivity contribution in [3.05, 3.63) is 34.9 Å². The van der Waals surface area contributed by atoms with Gasteiger partial charge in [0, 0.05) is 23.4 Å². The molecule has 1 aliphatic rings. The van der Waals surface area contributed by atoms with E-state index in [1.54, 1.807) is 0 Å². The first-order valence-corrected chi connectivity index (χ1v) is 8.14. The smallest absolute Gasteiger partial charge is 0.220 e.